The average molecular weight is 207 g/mol. The number of amides is 2. The number of pyridine rings is 1. The third-order valence-corrected chi connectivity index (χ3v) is 1.98. The number of hydrogen-bond donors (Lipinski definition) is 2. The number of carbonyl (C=O) groups is 2. The predicted octanol–water partition coefficient (Wildman–Crippen LogP) is 0.0753. The maximum Gasteiger partial charge on any atom is 0.253 e. The molecule has 0 saturated carbocycles. The minimum absolute atomic E-state index is 0.339. The van der Waals surface area contributed by atoms with Crippen LogP contribution in [0.5, 0.6) is 0 Å². The quantitative estimate of drug-likeness (QED) is 0.733. The van der Waals surface area contributed by atoms with Crippen LogP contribution in [0.2, 0.25) is 0 Å². The number of carbonyl (C=O) groups excluding carboxylic acids is 2. The summed E-state index contributed by atoms with van der Waals surface area (Å²) >= 11 is 0. The molecule has 2 amide bonds. The lowest BCUT2D eigenvalue weighted by atomic mass is 10.2. The van der Waals surface area contributed by atoms with Crippen molar-refractivity contribution in [1.29, 1.82) is 0 Å². The van der Waals surface area contributed by atoms with E-state index in [9.17, 15) is 9.59 Å². The third-order valence-electron chi connectivity index (χ3n) is 1.98. The highest BCUT2D eigenvalue weighted by atomic mass is 16.2. The molecule has 5 heteroatoms. The first kappa shape index (κ1) is 11.2. The van der Waals surface area contributed by atoms with Gasteiger partial charge in [0.15, 0.2) is 0 Å². The molecule has 0 bridgehead atoms. The molecule has 0 fully saturated rings. The number of nitrogens with one attached hydrogen (secondary N) is 1. The zero-order chi connectivity index (χ0) is 11.3. The summed E-state index contributed by atoms with van der Waals surface area (Å²) in [5.74, 6) is -0.872. The first-order chi connectivity index (χ1) is 7.15. The molecule has 1 aromatic heterocycles. The van der Waals surface area contributed by atoms with Crippen molar-refractivity contribution >= 4 is 11.8 Å². The minimum atomic E-state index is -0.627. The van der Waals surface area contributed by atoms with Crippen molar-refractivity contribution in [2.75, 3.05) is 0 Å². The second-order valence-electron chi connectivity index (χ2n) is 3.08. The van der Waals surface area contributed by atoms with Crippen LogP contribution in [0.3, 0.4) is 0 Å². The van der Waals surface area contributed by atoms with Gasteiger partial charge in [0, 0.05) is 12.4 Å². The third kappa shape index (κ3) is 3.05. The summed E-state index contributed by atoms with van der Waals surface area (Å²) < 4.78 is 0. The number of primary amides is 1. The summed E-state index contributed by atoms with van der Waals surface area (Å²) in [6.07, 6.45) is 3.48. The van der Waals surface area contributed by atoms with Crippen molar-refractivity contribution in [3.05, 3.63) is 30.1 Å². The Labute approximate surface area is 87.7 Å². The topological polar surface area (TPSA) is 85.1 Å². The summed E-state index contributed by atoms with van der Waals surface area (Å²) in [5.41, 5.74) is 5.52. The lowest BCUT2D eigenvalue weighted by Crippen LogP contribution is -2.43. The van der Waals surface area contributed by atoms with E-state index >= 15 is 0 Å². The molecule has 1 aromatic rings. The molecular weight excluding hydrogens is 194 g/mol. The molecule has 80 valence electrons. The van der Waals surface area contributed by atoms with Crippen LogP contribution < -0.4 is 11.1 Å². The van der Waals surface area contributed by atoms with Gasteiger partial charge in [-0.2, -0.15) is 0 Å². The number of rotatable bonds is 4. The molecule has 0 aliphatic heterocycles. The second-order valence-corrected chi connectivity index (χ2v) is 3.08. The van der Waals surface area contributed by atoms with Crippen LogP contribution in [-0.2, 0) is 4.79 Å². The normalized spacial score (nSPS) is 11.8. The first-order valence-corrected chi connectivity index (χ1v) is 4.65. The molecule has 0 radical (unpaired) electrons. The molecule has 0 spiro atoms. The summed E-state index contributed by atoms with van der Waals surface area (Å²) in [5, 5.41) is 2.53. The zero-order valence-corrected chi connectivity index (χ0v) is 8.43. The molecule has 1 rings (SSSR count). The second kappa shape index (κ2) is 5.09. The van der Waals surface area contributed by atoms with Crippen molar-refractivity contribution in [2.24, 2.45) is 5.73 Å². The van der Waals surface area contributed by atoms with Gasteiger partial charge in [0.1, 0.15) is 6.04 Å². The Morgan fingerprint density at radius 2 is 2.33 bits per heavy atom. The minimum Gasteiger partial charge on any atom is -0.368 e. The van der Waals surface area contributed by atoms with Crippen LogP contribution in [0.1, 0.15) is 23.7 Å². The summed E-state index contributed by atoms with van der Waals surface area (Å²) in [6.45, 7) is 1.78. The van der Waals surface area contributed by atoms with E-state index in [0.717, 1.165) is 0 Å². The van der Waals surface area contributed by atoms with E-state index in [1.165, 1.54) is 6.20 Å². The van der Waals surface area contributed by atoms with Crippen LogP contribution in [0.15, 0.2) is 24.5 Å². The highest BCUT2D eigenvalue weighted by Gasteiger charge is 2.16. The summed E-state index contributed by atoms with van der Waals surface area (Å²) in [4.78, 5) is 26.3. The van der Waals surface area contributed by atoms with Gasteiger partial charge in [-0.3, -0.25) is 14.6 Å². The fourth-order valence-electron chi connectivity index (χ4n) is 1.11. The Morgan fingerprint density at radius 3 is 2.80 bits per heavy atom. The van der Waals surface area contributed by atoms with Gasteiger partial charge in [0.25, 0.3) is 5.91 Å². The fourth-order valence-corrected chi connectivity index (χ4v) is 1.11. The van der Waals surface area contributed by atoms with Gasteiger partial charge in [-0.25, -0.2) is 0 Å². The van der Waals surface area contributed by atoms with E-state index in [1.807, 2.05) is 0 Å². The van der Waals surface area contributed by atoms with Gasteiger partial charge in [-0.05, 0) is 18.6 Å². The van der Waals surface area contributed by atoms with Crippen molar-refractivity contribution in [1.82, 2.24) is 10.3 Å². The zero-order valence-electron chi connectivity index (χ0n) is 8.43. The Morgan fingerprint density at radius 1 is 1.60 bits per heavy atom. The molecule has 5 nitrogen and oxygen atoms in total. The largest absolute Gasteiger partial charge is 0.368 e. The Bertz CT molecular complexity index is 351. The Hall–Kier alpha value is -1.91. The molecule has 1 atom stereocenters. The van der Waals surface area contributed by atoms with Gasteiger partial charge in [-0.15, -0.1) is 0 Å². The van der Waals surface area contributed by atoms with Crippen LogP contribution in [0.25, 0.3) is 0 Å². The SMILES string of the molecule is CC[C@@H](NC(=O)c1cccnc1)C(N)=O. The van der Waals surface area contributed by atoms with Crippen LogP contribution in [-0.4, -0.2) is 22.8 Å². The van der Waals surface area contributed by atoms with E-state index in [2.05, 4.69) is 10.3 Å². The van der Waals surface area contributed by atoms with Crippen molar-refractivity contribution in [3.63, 3.8) is 0 Å². The predicted molar refractivity (Wildman–Crippen MR) is 55.0 cm³/mol. The molecule has 0 aromatic carbocycles. The van der Waals surface area contributed by atoms with E-state index in [0.29, 0.717) is 12.0 Å². The summed E-state index contributed by atoms with van der Waals surface area (Å²) in [6, 6.07) is 2.65. The van der Waals surface area contributed by atoms with Gasteiger partial charge in [-0.1, -0.05) is 6.92 Å². The molecule has 0 aliphatic carbocycles. The Kier molecular flexibility index (Phi) is 3.79. The van der Waals surface area contributed by atoms with Crippen molar-refractivity contribution < 1.29 is 9.59 Å². The van der Waals surface area contributed by atoms with Crippen LogP contribution >= 0.6 is 0 Å². The lowest BCUT2D eigenvalue weighted by molar-refractivity contribution is -0.119. The van der Waals surface area contributed by atoms with E-state index in [1.54, 1.807) is 25.3 Å². The number of nitrogens with two attached hydrogens (primary N) is 1. The number of hydrogen-bond acceptors (Lipinski definition) is 3. The molecule has 0 unspecified atom stereocenters. The highest BCUT2D eigenvalue weighted by Crippen LogP contribution is 1.97. The number of aromatic nitrogens is 1. The molecule has 3 N–H and O–H groups in total. The monoisotopic (exact) mass is 207 g/mol. The van der Waals surface area contributed by atoms with Gasteiger partial charge < -0.3 is 11.1 Å². The molecule has 0 aliphatic rings. The maximum atomic E-state index is 11.6. The van der Waals surface area contributed by atoms with Gasteiger partial charge in [0.2, 0.25) is 5.91 Å². The van der Waals surface area contributed by atoms with Gasteiger partial charge in [0.05, 0.1) is 5.56 Å². The molecule has 1 heterocycles. The lowest BCUT2D eigenvalue weighted by Gasteiger charge is -2.12. The highest BCUT2D eigenvalue weighted by molar-refractivity contribution is 5.96. The number of nitrogens with zero attached hydrogens (tertiary/aromatic N) is 1. The maximum absolute atomic E-state index is 11.6. The Balaban J connectivity index is 2.67. The molecule has 0 saturated heterocycles. The van der Waals surface area contributed by atoms with Crippen molar-refractivity contribution in [3.8, 4) is 0 Å². The standard InChI is InChI=1S/C10H13N3O2/c1-2-8(9(11)14)13-10(15)7-4-3-5-12-6-7/h3-6,8H,2H2,1H3,(H2,11,14)(H,13,15)/t8-/m1/s1. The van der Waals surface area contributed by atoms with Crippen LogP contribution in [0, 0.1) is 0 Å². The van der Waals surface area contributed by atoms with E-state index < -0.39 is 11.9 Å². The van der Waals surface area contributed by atoms with Gasteiger partial charge >= 0.3 is 0 Å². The molecule has 15 heavy (non-hydrogen) atoms. The smallest absolute Gasteiger partial charge is 0.253 e. The fraction of sp³-hybridized carbons (Fsp3) is 0.300. The van der Waals surface area contributed by atoms with E-state index in [4.69, 9.17) is 5.73 Å². The summed E-state index contributed by atoms with van der Waals surface area (Å²) in [7, 11) is 0. The van der Waals surface area contributed by atoms with Crippen molar-refractivity contribution in [2.45, 2.75) is 19.4 Å². The van der Waals surface area contributed by atoms with Crippen LogP contribution in [0.4, 0.5) is 0 Å². The first-order valence-electron chi connectivity index (χ1n) is 4.65. The van der Waals surface area contributed by atoms with E-state index in [-0.39, 0.29) is 5.91 Å². The molecular formula is C10H13N3O2. The average Bonchev–Trinajstić information content (AvgIpc) is 2.26.